The molecule has 3 aromatic carbocycles. The topological polar surface area (TPSA) is 120 Å². The molecule has 194 valence electrons. The smallest absolute Gasteiger partial charge is 0.283 e. The van der Waals surface area contributed by atoms with Crippen LogP contribution in [0.4, 0.5) is 0 Å². The molecule has 0 fully saturated rings. The van der Waals surface area contributed by atoms with Crippen LogP contribution in [-0.4, -0.2) is 40.2 Å². The fourth-order valence-corrected chi connectivity index (χ4v) is 4.63. The second kappa shape index (κ2) is 11.7. The molecule has 0 bridgehead atoms. The Morgan fingerprint density at radius 2 is 1.79 bits per heavy atom. The number of thioether (sulfide) groups is 1. The van der Waals surface area contributed by atoms with Crippen molar-refractivity contribution in [1.29, 1.82) is 10.7 Å². The summed E-state index contributed by atoms with van der Waals surface area (Å²) < 4.78 is 17.5. The SMILES string of the molecule is CCOc1cc(/C=C2/C(=N)N3N=C(COc4ccccc4)SC3=NC2=O)ccc1OCc1ccccc1C#N. The molecule has 2 aliphatic rings. The summed E-state index contributed by atoms with van der Waals surface area (Å²) in [5, 5.41) is 24.6. The summed E-state index contributed by atoms with van der Waals surface area (Å²) in [5.41, 5.74) is 2.05. The van der Waals surface area contributed by atoms with E-state index in [1.165, 1.54) is 16.8 Å². The van der Waals surface area contributed by atoms with Crippen molar-refractivity contribution >= 4 is 39.8 Å². The molecule has 0 aliphatic carbocycles. The summed E-state index contributed by atoms with van der Waals surface area (Å²) in [6.07, 6.45) is 1.58. The van der Waals surface area contributed by atoms with E-state index in [-0.39, 0.29) is 24.6 Å². The summed E-state index contributed by atoms with van der Waals surface area (Å²) in [7, 11) is 0. The number of amidine groups is 2. The lowest BCUT2D eigenvalue weighted by Gasteiger charge is -2.20. The van der Waals surface area contributed by atoms with Crippen LogP contribution < -0.4 is 14.2 Å². The molecular weight excluding hydrogens is 514 g/mol. The van der Waals surface area contributed by atoms with Gasteiger partial charge in [0.15, 0.2) is 17.3 Å². The van der Waals surface area contributed by atoms with Gasteiger partial charge in [-0.25, -0.2) is 0 Å². The first-order chi connectivity index (χ1) is 19.1. The molecule has 5 rings (SSSR count). The summed E-state index contributed by atoms with van der Waals surface area (Å²) in [6.45, 7) is 2.66. The van der Waals surface area contributed by atoms with E-state index >= 15 is 0 Å². The van der Waals surface area contributed by atoms with Gasteiger partial charge in [0, 0.05) is 5.56 Å². The van der Waals surface area contributed by atoms with E-state index < -0.39 is 5.91 Å². The molecule has 1 amide bonds. The van der Waals surface area contributed by atoms with Gasteiger partial charge < -0.3 is 14.2 Å². The van der Waals surface area contributed by atoms with Crippen LogP contribution in [0.3, 0.4) is 0 Å². The van der Waals surface area contributed by atoms with Gasteiger partial charge in [0.1, 0.15) is 24.0 Å². The maximum Gasteiger partial charge on any atom is 0.283 e. The lowest BCUT2D eigenvalue weighted by molar-refractivity contribution is -0.114. The highest BCUT2D eigenvalue weighted by Gasteiger charge is 2.35. The zero-order chi connectivity index (χ0) is 27.2. The van der Waals surface area contributed by atoms with Gasteiger partial charge in [-0.05, 0) is 60.7 Å². The van der Waals surface area contributed by atoms with Crippen LogP contribution in [0.5, 0.6) is 17.2 Å². The Hall–Kier alpha value is -4.88. The molecule has 2 heterocycles. The van der Waals surface area contributed by atoms with E-state index in [0.29, 0.717) is 45.2 Å². The van der Waals surface area contributed by atoms with Gasteiger partial charge in [-0.15, -0.1) is 0 Å². The number of hydrazone groups is 1. The van der Waals surface area contributed by atoms with Crippen LogP contribution in [0.2, 0.25) is 0 Å². The van der Waals surface area contributed by atoms with Crippen molar-refractivity contribution in [3.63, 3.8) is 0 Å². The number of nitrogens with zero attached hydrogens (tertiary/aromatic N) is 4. The van der Waals surface area contributed by atoms with Gasteiger partial charge in [-0.1, -0.05) is 42.5 Å². The third-order valence-corrected chi connectivity index (χ3v) is 6.58. The fourth-order valence-electron chi connectivity index (χ4n) is 3.83. The van der Waals surface area contributed by atoms with Gasteiger partial charge in [0.25, 0.3) is 5.91 Å². The summed E-state index contributed by atoms with van der Waals surface area (Å²) in [5.74, 6) is 1.09. The van der Waals surface area contributed by atoms with Crippen LogP contribution in [0.25, 0.3) is 6.08 Å². The minimum Gasteiger partial charge on any atom is -0.490 e. The molecule has 0 saturated heterocycles. The standard InChI is InChI=1S/C29H23N5O4S/c1-2-36-25-15-19(12-13-24(25)38-17-21-9-7-6-8-20(21)16-30)14-23-27(31)34-29(32-28(23)35)39-26(33-34)18-37-22-10-4-3-5-11-22/h3-15,31H,2,17-18H2,1H3/b23-14-,31-27?. The van der Waals surface area contributed by atoms with Crippen molar-refractivity contribution in [2.24, 2.45) is 10.1 Å². The number of nitrogens with one attached hydrogen (secondary N) is 1. The number of ether oxygens (including phenoxy) is 3. The highest BCUT2D eigenvalue weighted by Crippen LogP contribution is 2.32. The first-order valence-corrected chi connectivity index (χ1v) is 12.9. The molecule has 0 saturated carbocycles. The van der Waals surface area contributed by atoms with Crippen molar-refractivity contribution in [2.45, 2.75) is 13.5 Å². The molecule has 0 radical (unpaired) electrons. The molecule has 0 aromatic heterocycles. The maximum atomic E-state index is 12.8. The number of amides is 1. The van der Waals surface area contributed by atoms with E-state index in [4.69, 9.17) is 19.6 Å². The van der Waals surface area contributed by atoms with Crippen molar-refractivity contribution in [3.8, 4) is 23.3 Å². The quantitative estimate of drug-likeness (QED) is 0.371. The summed E-state index contributed by atoms with van der Waals surface area (Å²) in [4.78, 5) is 17.0. The molecule has 2 aliphatic heterocycles. The second-order valence-electron chi connectivity index (χ2n) is 8.31. The van der Waals surface area contributed by atoms with E-state index in [2.05, 4.69) is 16.2 Å². The third kappa shape index (κ3) is 5.84. The Morgan fingerprint density at radius 3 is 2.59 bits per heavy atom. The van der Waals surface area contributed by atoms with Crippen LogP contribution in [0.1, 0.15) is 23.6 Å². The lowest BCUT2D eigenvalue weighted by atomic mass is 10.1. The Morgan fingerprint density at radius 1 is 1.00 bits per heavy atom. The molecule has 3 aromatic rings. The Kier molecular flexibility index (Phi) is 7.70. The largest absolute Gasteiger partial charge is 0.490 e. The van der Waals surface area contributed by atoms with E-state index in [1.807, 2.05) is 49.4 Å². The second-order valence-corrected chi connectivity index (χ2v) is 9.35. The predicted octanol–water partition coefficient (Wildman–Crippen LogP) is 5.23. The first-order valence-electron chi connectivity index (χ1n) is 12.1. The van der Waals surface area contributed by atoms with Crippen molar-refractivity contribution in [1.82, 2.24) is 5.01 Å². The van der Waals surface area contributed by atoms with Crippen LogP contribution in [0, 0.1) is 16.7 Å². The van der Waals surface area contributed by atoms with Gasteiger partial charge in [-0.2, -0.15) is 20.4 Å². The summed E-state index contributed by atoms with van der Waals surface area (Å²) >= 11 is 1.20. The van der Waals surface area contributed by atoms with E-state index in [1.54, 1.807) is 36.4 Å². The zero-order valence-corrected chi connectivity index (χ0v) is 21.8. The number of aliphatic imine (C=N–C) groups is 1. The van der Waals surface area contributed by atoms with Crippen LogP contribution in [-0.2, 0) is 11.4 Å². The highest BCUT2D eigenvalue weighted by molar-refractivity contribution is 8.27. The fraction of sp³-hybridized carbons (Fsp3) is 0.138. The molecule has 1 N–H and O–H groups in total. The number of fused-ring (bicyclic) bond motifs is 1. The summed E-state index contributed by atoms with van der Waals surface area (Å²) in [6, 6.07) is 24.0. The molecular formula is C29H23N5O4S. The number of benzene rings is 3. The number of hydrogen-bond acceptors (Lipinski definition) is 8. The highest BCUT2D eigenvalue weighted by atomic mass is 32.2. The average Bonchev–Trinajstić information content (AvgIpc) is 3.37. The number of para-hydroxylation sites is 1. The van der Waals surface area contributed by atoms with Crippen molar-refractivity contribution in [2.75, 3.05) is 13.2 Å². The van der Waals surface area contributed by atoms with Gasteiger partial charge in [0.2, 0.25) is 5.17 Å². The third-order valence-electron chi connectivity index (χ3n) is 5.70. The number of carbonyl (C=O) groups is 1. The number of hydrogen-bond donors (Lipinski definition) is 1. The molecule has 0 atom stereocenters. The first kappa shape index (κ1) is 25.8. The van der Waals surface area contributed by atoms with Gasteiger partial charge in [0.05, 0.1) is 23.8 Å². The van der Waals surface area contributed by atoms with Crippen molar-refractivity contribution < 1.29 is 19.0 Å². The Labute approximate surface area is 229 Å². The minimum atomic E-state index is -0.523. The van der Waals surface area contributed by atoms with Gasteiger partial charge in [-0.3, -0.25) is 10.2 Å². The maximum absolute atomic E-state index is 12.8. The van der Waals surface area contributed by atoms with Crippen LogP contribution in [0.15, 0.2) is 88.5 Å². The molecule has 0 unspecified atom stereocenters. The van der Waals surface area contributed by atoms with E-state index in [0.717, 1.165) is 5.56 Å². The normalized spacial score (nSPS) is 15.4. The molecule has 0 spiro atoms. The average molecular weight is 538 g/mol. The monoisotopic (exact) mass is 537 g/mol. The Balaban J connectivity index is 1.33. The van der Waals surface area contributed by atoms with Gasteiger partial charge >= 0.3 is 0 Å². The number of nitriles is 1. The molecule has 39 heavy (non-hydrogen) atoms. The molecule has 10 heteroatoms. The zero-order valence-electron chi connectivity index (χ0n) is 21.0. The Bertz CT molecular complexity index is 1560. The number of carbonyl (C=O) groups excluding carboxylic acids is 1. The lowest BCUT2D eigenvalue weighted by Crippen LogP contribution is -2.35. The predicted molar refractivity (Wildman–Crippen MR) is 150 cm³/mol. The van der Waals surface area contributed by atoms with Crippen LogP contribution >= 0.6 is 11.8 Å². The minimum absolute atomic E-state index is 0.0707. The van der Waals surface area contributed by atoms with E-state index in [9.17, 15) is 10.1 Å². The molecule has 9 nitrogen and oxygen atoms in total. The van der Waals surface area contributed by atoms with Crippen molar-refractivity contribution in [3.05, 3.63) is 95.1 Å². The number of rotatable bonds is 9.